The summed E-state index contributed by atoms with van der Waals surface area (Å²) in [5.41, 5.74) is 5.36. The highest BCUT2D eigenvalue weighted by Crippen LogP contribution is 2.27. The highest BCUT2D eigenvalue weighted by molar-refractivity contribution is 5.38. The zero-order valence-corrected chi connectivity index (χ0v) is 11.8. The topological polar surface area (TPSA) is 49.8 Å². The Morgan fingerprint density at radius 2 is 2.00 bits per heavy atom. The molecule has 1 aromatic heterocycles. The zero-order valence-electron chi connectivity index (χ0n) is 11.8. The number of hydrogen-bond acceptors (Lipinski definition) is 3. The monoisotopic (exact) mass is 254 g/mol. The van der Waals surface area contributed by atoms with Gasteiger partial charge in [-0.05, 0) is 45.2 Å². The average Bonchev–Trinajstić information content (AvgIpc) is 2.70. The van der Waals surface area contributed by atoms with Crippen LogP contribution in [0.3, 0.4) is 0 Å². The van der Waals surface area contributed by atoms with Gasteiger partial charge in [0, 0.05) is 5.56 Å². The van der Waals surface area contributed by atoms with Crippen LogP contribution in [0.1, 0.15) is 39.6 Å². The lowest BCUT2D eigenvalue weighted by atomic mass is 9.89. The SMILES string of the molecule is Cc1ccc(C)c(C(C#N)Cc2c(C)noc2C)c1. The summed E-state index contributed by atoms with van der Waals surface area (Å²) in [7, 11) is 0. The molecule has 2 aromatic rings. The van der Waals surface area contributed by atoms with Gasteiger partial charge in [-0.3, -0.25) is 0 Å². The predicted molar refractivity (Wildman–Crippen MR) is 74.0 cm³/mol. The van der Waals surface area contributed by atoms with Crippen LogP contribution >= 0.6 is 0 Å². The largest absolute Gasteiger partial charge is 0.361 e. The van der Waals surface area contributed by atoms with Crippen molar-refractivity contribution in [1.82, 2.24) is 5.16 Å². The lowest BCUT2D eigenvalue weighted by molar-refractivity contribution is 0.392. The van der Waals surface area contributed by atoms with Crippen molar-refractivity contribution in [2.24, 2.45) is 0 Å². The van der Waals surface area contributed by atoms with Gasteiger partial charge in [0.05, 0.1) is 17.7 Å². The van der Waals surface area contributed by atoms with Gasteiger partial charge >= 0.3 is 0 Å². The standard InChI is InChI=1S/C16H18N2O/c1-10-5-6-11(2)15(7-10)14(9-17)8-16-12(3)18-19-13(16)4/h5-7,14H,8H2,1-4H3. The molecule has 0 bridgehead atoms. The number of aryl methyl sites for hydroxylation is 4. The van der Waals surface area contributed by atoms with Crippen LogP contribution in [0.15, 0.2) is 22.7 Å². The number of nitriles is 1. The minimum absolute atomic E-state index is 0.156. The van der Waals surface area contributed by atoms with Crippen LogP contribution in [0.5, 0.6) is 0 Å². The summed E-state index contributed by atoms with van der Waals surface area (Å²) < 4.78 is 5.17. The lowest BCUT2D eigenvalue weighted by Gasteiger charge is -2.13. The molecule has 1 heterocycles. The second-order valence-electron chi connectivity index (χ2n) is 5.05. The summed E-state index contributed by atoms with van der Waals surface area (Å²) in [4.78, 5) is 0. The molecular weight excluding hydrogens is 236 g/mol. The Kier molecular flexibility index (Phi) is 3.71. The van der Waals surface area contributed by atoms with E-state index in [0.29, 0.717) is 6.42 Å². The molecule has 0 radical (unpaired) electrons. The maximum Gasteiger partial charge on any atom is 0.137 e. The van der Waals surface area contributed by atoms with Gasteiger partial charge < -0.3 is 4.52 Å². The number of nitrogens with zero attached hydrogens (tertiary/aromatic N) is 2. The number of aromatic nitrogens is 1. The van der Waals surface area contributed by atoms with Crippen LogP contribution in [0, 0.1) is 39.0 Å². The van der Waals surface area contributed by atoms with Crippen LogP contribution in [-0.4, -0.2) is 5.16 Å². The van der Waals surface area contributed by atoms with Crippen molar-refractivity contribution in [1.29, 1.82) is 5.26 Å². The van der Waals surface area contributed by atoms with Crippen LogP contribution in [0.4, 0.5) is 0 Å². The van der Waals surface area contributed by atoms with Gasteiger partial charge in [0.2, 0.25) is 0 Å². The van der Waals surface area contributed by atoms with Gasteiger partial charge in [0.1, 0.15) is 5.76 Å². The molecular formula is C16H18N2O. The lowest BCUT2D eigenvalue weighted by Crippen LogP contribution is -2.04. The van der Waals surface area contributed by atoms with Crippen LogP contribution in [0.2, 0.25) is 0 Å². The summed E-state index contributed by atoms with van der Waals surface area (Å²) in [6, 6.07) is 8.65. The van der Waals surface area contributed by atoms with E-state index in [1.807, 2.05) is 27.7 Å². The highest BCUT2D eigenvalue weighted by Gasteiger charge is 2.19. The van der Waals surface area contributed by atoms with Gasteiger partial charge in [-0.25, -0.2) is 0 Å². The van der Waals surface area contributed by atoms with Crippen molar-refractivity contribution < 1.29 is 4.52 Å². The molecule has 0 N–H and O–H groups in total. The van der Waals surface area contributed by atoms with E-state index >= 15 is 0 Å². The second-order valence-corrected chi connectivity index (χ2v) is 5.05. The first-order valence-electron chi connectivity index (χ1n) is 6.41. The van der Waals surface area contributed by atoms with Crippen LogP contribution in [0.25, 0.3) is 0 Å². The molecule has 0 spiro atoms. The molecule has 0 aliphatic rings. The molecule has 0 amide bonds. The summed E-state index contributed by atoms with van der Waals surface area (Å²) in [5.74, 6) is 0.653. The summed E-state index contributed by atoms with van der Waals surface area (Å²) in [6.45, 7) is 7.91. The summed E-state index contributed by atoms with van der Waals surface area (Å²) >= 11 is 0. The minimum Gasteiger partial charge on any atom is -0.361 e. The Bertz CT molecular complexity index is 615. The molecule has 3 heteroatoms. The first kappa shape index (κ1) is 13.4. The summed E-state index contributed by atoms with van der Waals surface area (Å²) in [5, 5.41) is 13.4. The Morgan fingerprint density at radius 1 is 1.26 bits per heavy atom. The molecule has 1 atom stereocenters. The molecule has 2 rings (SSSR count). The highest BCUT2D eigenvalue weighted by atomic mass is 16.5. The van der Waals surface area contributed by atoms with Crippen molar-refractivity contribution in [3.8, 4) is 6.07 Å². The van der Waals surface area contributed by atoms with Crippen molar-refractivity contribution in [2.45, 2.75) is 40.0 Å². The van der Waals surface area contributed by atoms with E-state index in [9.17, 15) is 5.26 Å². The first-order chi connectivity index (χ1) is 9.02. The van der Waals surface area contributed by atoms with Gasteiger partial charge in [-0.1, -0.05) is 28.9 Å². The second kappa shape index (κ2) is 5.27. The number of rotatable bonds is 3. The normalized spacial score (nSPS) is 12.2. The zero-order chi connectivity index (χ0) is 14.0. The molecule has 0 saturated carbocycles. The predicted octanol–water partition coefficient (Wildman–Crippen LogP) is 3.76. The Morgan fingerprint density at radius 3 is 2.58 bits per heavy atom. The van der Waals surface area contributed by atoms with Gasteiger partial charge in [0.25, 0.3) is 0 Å². The third-order valence-electron chi connectivity index (χ3n) is 3.56. The molecule has 1 aromatic carbocycles. The van der Waals surface area contributed by atoms with E-state index in [-0.39, 0.29) is 5.92 Å². The van der Waals surface area contributed by atoms with Crippen molar-refractivity contribution >= 4 is 0 Å². The molecule has 0 fully saturated rings. The maximum atomic E-state index is 9.47. The molecule has 98 valence electrons. The molecule has 0 aliphatic heterocycles. The quantitative estimate of drug-likeness (QED) is 0.838. The van der Waals surface area contributed by atoms with Gasteiger partial charge in [0.15, 0.2) is 0 Å². The first-order valence-corrected chi connectivity index (χ1v) is 6.41. The maximum absolute atomic E-state index is 9.47. The molecule has 0 aliphatic carbocycles. The van der Waals surface area contributed by atoms with Gasteiger partial charge in [-0.2, -0.15) is 5.26 Å². The smallest absolute Gasteiger partial charge is 0.137 e. The fraction of sp³-hybridized carbons (Fsp3) is 0.375. The third kappa shape index (κ3) is 2.68. The Balaban J connectivity index is 2.36. The van der Waals surface area contributed by atoms with E-state index in [0.717, 1.165) is 28.1 Å². The third-order valence-corrected chi connectivity index (χ3v) is 3.56. The Labute approximate surface area is 113 Å². The number of hydrogen-bond donors (Lipinski definition) is 0. The van der Waals surface area contributed by atoms with Crippen LogP contribution < -0.4 is 0 Å². The molecule has 0 saturated heterocycles. The van der Waals surface area contributed by atoms with E-state index in [4.69, 9.17) is 4.52 Å². The van der Waals surface area contributed by atoms with Crippen molar-refractivity contribution in [3.63, 3.8) is 0 Å². The van der Waals surface area contributed by atoms with E-state index in [2.05, 4.69) is 29.4 Å². The molecule has 19 heavy (non-hydrogen) atoms. The van der Waals surface area contributed by atoms with E-state index in [1.54, 1.807) is 0 Å². The average molecular weight is 254 g/mol. The Hall–Kier alpha value is -2.08. The van der Waals surface area contributed by atoms with Crippen molar-refractivity contribution in [2.75, 3.05) is 0 Å². The fourth-order valence-corrected chi connectivity index (χ4v) is 2.36. The molecule has 1 unspecified atom stereocenters. The fourth-order valence-electron chi connectivity index (χ4n) is 2.36. The van der Waals surface area contributed by atoms with Crippen molar-refractivity contribution in [3.05, 3.63) is 51.9 Å². The van der Waals surface area contributed by atoms with E-state index < -0.39 is 0 Å². The van der Waals surface area contributed by atoms with Crippen LogP contribution in [-0.2, 0) is 6.42 Å². The van der Waals surface area contributed by atoms with E-state index in [1.165, 1.54) is 5.56 Å². The number of benzene rings is 1. The molecule has 3 nitrogen and oxygen atoms in total. The minimum atomic E-state index is -0.156. The van der Waals surface area contributed by atoms with Gasteiger partial charge in [-0.15, -0.1) is 0 Å². The summed E-state index contributed by atoms with van der Waals surface area (Å²) in [6.07, 6.45) is 0.655.